The second kappa shape index (κ2) is 7.89. The highest BCUT2D eigenvalue weighted by molar-refractivity contribution is 7.07. The Bertz CT molecular complexity index is 1250. The van der Waals surface area contributed by atoms with Gasteiger partial charge in [-0.1, -0.05) is 30.3 Å². The lowest BCUT2D eigenvalue weighted by Gasteiger charge is -2.13. The van der Waals surface area contributed by atoms with Gasteiger partial charge in [0.2, 0.25) is 0 Å². The highest BCUT2D eigenvalue weighted by Gasteiger charge is 2.21. The molecule has 0 spiro atoms. The zero-order valence-electron chi connectivity index (χ0n) is 16.1. The molecule has 0 aliphatic carbocycles. The summed E-state index contributed by atoms with van der Waals surface area (Å²) in [4.78, 5) is 16.3. The Morgan fingerprint density at radius 2 is 2.03 bits per heavy atom. The number of nitrogens with zero attached hydrogens (tertiary/aromatic N) is 3. The van der Waals surface area contributed by atoms with Crippen molar-refractivity contribution in [2.45, 2.75) is 25.5 Å². The van der Waals surface area contributed by atoms with Crippen LogP contribution < -0.4 is 4.80 Å². The van der Waals surface area contributed by atoms with Crippen LogP contribution in [-0.2, 0) is 11.3 Å². The molecule has 30 heavy (non-hydrogen) atoms. The molecule has 2 aromatic carbocycles. The first kappa shape index (κ1) is 18.8. The van der Waals surface area contributed by atoms with Crippen molar-refractivity contribution < 1.29 is 14.1 Å². The number of nitro benzene ring substituents is 1. The number of hydrogen-bond donors (Lipinski definition) is 0. The highest BCUT2D eigenvalue weighted by atomic mass is 32.1. The maximum Gasteiger partial charge on any atom is 0.294 e. The second-order valence-corrected chi connectivity index (χ2v) is 7.99. The van der Waals surface area contributed by atoms with Crippen LogP contribution in [0.3, 0.4) is 0 Å². The van der Waals surface area contributed by atoms with Gasteiger partial charge in [0.15, 0.2) is 10.6 Å². The molecule has 5 rings (SSSR count). The average molecular weight is 421 g/mol. The van der Waals surface area contributed by atoms with Gasteiger partial charge in [0.05, 0.1) is 23.3 Å². The van der Waals surface area contributed by atoms with E-state index in [1.807, 2.05) is 35.7 Å². The van der Waals surface area contributed by atoms with Crippen LogP contribution in [0.4, 0.5) is 11.4 Å². The molecule has 1 atom stereocenters. The minimum atomic E-state index is -0.406. The first-order chi connectivity index (χ1) is 14.7. The van der Waals surface area contributed by atoms with E-state index in [2.05, 4.69) is 9.56 Å². The molecule has 152 valence electrons. The van der Waals surface area contributed by atoms with Gasteiger partial charge < -0.3 is 13.7 Å². The molecule has 0 radical (unpaired) electrons. The summed E-state index contributed by atoms with van der Waals surface area (Å²) in [5.74, 6) is 0.745. The monoisotopic (exact) mass is 421 g/mol. The number of ether oxygens (including phenoxy) is 1. The van der Waals surface area contributed by atoms with Crippen molar-refractivity contribution >= 4 is 33.7 Å². The molecule has 1 fully saturated rings. The van der Waals surface area contributed by atoms with Crippen LogP contribution in [0.2, 0.25) is 0 Å². The summed E-state index contributed by atoms with van der Waals surface area (Å²) in [5, 5.41) is 14.4. The third-order valence-corrected chi connectivity index (χ3v) is 6.04. The number of thiazole rings is 1. The maximum atomic E-state index is 11.4. The lowest BCUT2D eigenvalue weighted by Crippen LogP contribution is -2.24. The fraction of sp³-hybridized carbons (Fsp3) is 0.227. The number of fused-ring (bicyclic) bond motifs is 1. The predicted molar refractivity (Wildman–Crippen MR) is 115 cm³/mol. The summed E-state index contributed by atoms with van der Waals surface area (Å²) in [6.45, 7) is 1.38. The summed E-state index contributed by atoms with van der Waals surface area (Å²) in [6, 6.07) is 16.4. The molecule has 2 aromatic heterocycles. The number of rotatable bonds is 5. The largest absolute Gasteiger partial charge is 0.454 e. The minimum absolute atomic E-state index is 0.0140. The zero-order chi connectivity index (χ0) is 20.5. The quantitative estimate of drug-likeness (QED) is 0.324. The molecular formula is C22H19N3O4S. The van der Waals surface area contributed by atoms with Gasteiger partial charge in [-0.2, -0.15) is 0 Å². The summed E-state index contributed by atoms with van der Waals surface area (Å²) in [5.41, 5.74) is 2.03. The number of nitro groups is 1. The lowest BCUT2D eigenvalue weighted by molar-refractivity contribution is -0.384. The number of aromatic nitrogens is 1. The van der Waals surface area contributed by atoms with Crippen LogP contribution >= 0.6 is 11.3 Å². The van der Waals surface area contributed by atoms with Crippen molar-refractivity contribution in [2.24, 2.45) is 4.99 Å². The topological polar surface area (TPSA) is 82.8 Å². The zero-order valence-corrected chi connectivity index (χ0v) is 16.9. The third-order valence-electron chi connectivity index (χ3n) is 5.18. The molecule has 1 aliphatic rings. The SMILES string of the molecule is O=[N+]([O-])c1ccccc1N=c1scc(-c2cc3ccccc3o2)n1CC1CCCO1. The predicted octanol–water partition coefficient (Wildman–Crippen LogP) is 5.28. The van der Waals surface area contributed by atoms with Crippen molar-refractivity contribution in [1.82, 2.24) is 4.57 Å². The second-order valence-electron chi connectivity index (χ2n) is 7.16. The van der Waals surface area contributed by atoms with Crippen LogP contribution in [0.5, 0.6) is 0 Å². The van der Waals surface area contributed by atoms with E-state index in [-0.39, 0.29) is 11.8 Å². The Labute approximate surface area is 176 Å². The molecule has 0 bridgehead atoms. The van der Waals surface area contributed by atoms with E-state index in [9.17, 15) is 10.1 Å². The van der Waals surface area contributed by atoms with Gasteiger partial charge in [0.1, 0.15) is 11.3 Å². The number of furan rings is 1. The Morgan fingerprint density at radius 3 is 2.83 bits per heavy atom. The molecule has 3 heterocycles. The van der Waals surface area contributed by atoms with Crippen molar-refractivity contribution in [2.75, 3.05) is 6.61 Å². The minimum Gasteiger partial charge on any atom is -0.454 e. The summed E-state index contributed by atoms with van der Waals surface area (Å²) in [6.07, 6.45) is 2.10. The van der Waals surface area contributed by atoms with Crippen molar-refractivity contribution in [3.8, 4) is 11.5 Å². The van der Waals surface area contributed by atoms with Crippen LogP contribution in [0.25, 0.3) is 22.4 Å². The van der Waals surface area contributed by atoms with Gasteiger partial charge in [-0.3, -0.25) is 10.1 Å². The van der Waals surface area contributed by atoms with E-state index in [4.69, 9.17) is 9.15 Å². The highest BCUT2D eigenvalue weighted by Crippen LogP contribution is 2.30. The van der Waals surface area contributed by atoms with Gasteiger partial charge >= 0.3 is 0 Å². The lowest BCUT2D eigenvalue weighted by atomic mass is 10.2. The van der Waals surface area contributed by atoms with Crippen LogP contribution in [-0.4, -0.2) is 22.2 Å². The van der Waals surface area contributed by atoms with Crippen molar-refractivity contribution in [3.63, 3.8) is 0 Å². The van der Waals surface area contributed by atoms with Crippen molar-refractivity contribution in [3.05, 3.63) is 74.9 Å². The first-order valence-electron chi connectivity index (χ1n) is 9.76. The van der Waals surface area contributed by atoms with Crippen LogP contribution in [0.15, 0.2) is 69.4 Å². The fourth-order valence-electron chi connectivity index (χ4n) is 3.71. The summed E-state index contributed by atoms with van der Waals surface area (Å²) < 4.78 is 14.0. The summed E-state index contributed by atoms with van der Waals surface area (Å²) >= 11 is 1.44. The Morgan fingerprint density at radius 1 is 1.20 bits per heavy atom. The molecule has 7 nitrogen and oxygen atoms in total. The standard InChI is InChI=1S/C22H19N3O4S/c26-25(27)18-9-3-2-8-17(18)23-22-24(13-16-7-5-11-28-16)19(14-30-22)21-12-15-6-1-4-10-20(15)29-21/h1-4,6,8-10,12,14,16H,5,7,11,13H2. The summed E-state index contributed by atoms with van der Waals surface area (Å²) in [7, 11) is 0. The number of para-hydroxylation sites is 3. The molecule has 8 heteroatoms. The molecule has 1 aliphatic heterocycles. The van der Waals surface area contributed by atoms with E-state index in [0.717, 1.165) is 41.9 Å². The Hall–Kier alpha value is -3.23. The van der Waals surface area contributed by atoms with Gasteiger partial charge in [0, 0.05) is 23.4 Å². The molecule has 4 aromatic rings. The molecule has 1 unspecified atom stereocenters. The van der Waals surface area contributed by atoms with Gasteiger partial charge in [-0.15, -0.1) is 11.3 Å². The van der Waals surface area contributed by atoms with E-state index < -0.39 is 4.92 Å². The van der Waals surface area contributed by atoms with E-state index in [0.29, 0.717) is 17.0 Å². The first-order valence-corrected chi connectivity index (χ1v) is 10.6. The number of hydrogen-bond acceptors (Lipinski definition) is 6. The van der Waals surface area contributed by atoms with Crippen molar-refractivity contribution in [1.29, 1.82) is 0 Å². The van der Waals surface area contributed by atoms with Gasteiger partial charge in [-0.05, 0) is 31.0 Å². The third kappa shape index (κ3) is 3.55. The Kier molecular flexibility index (Phi) is 4.94. The molecule has 0 saturated carbocycles. The number of benzene rings is 2. The molecular weight excluding hydrogens is 402 g/mol. The Balaban J connectivity index is 1.65. The van der Waals surface area contributed by atoms with Gasteiger partial charge in [-0.25, -0.2) is 4.99 Å². The van der Waals surface area contributed by atoms with Crippen LogP contribution in [0.1, 0.15) is 12.8 Å². The van der Waals surface area contributed by atoms with E-state index in [1.165, 1.54) is 17.4 Å². The van der Waals surface area contributed by atoms with E-state index >= 15 is 0 Å². The van der Waals surface area contributed by atoms with Crippen LogP contribution in [0, 0.1) is 10.1 Å². The normalized spacial score (nSPS) is 17.1. The van der Waals surface area contributed by atoms with E-state index in [1.54, 1.807) is 18.2 Å². The smallest absolute Gasteiger partial charge is 0.294 e. The fourth-order valence-corrected chi connectivity index (χ4v) is 4.62. The van der Waals surface area contributed by atoms with Gasteiger partial charge in [0.25, 0.3) is 5.69 Å². The molecule has 0 N–H and O–H groups in total. The maximum absolute atomic E-state index is 11.4. The molecule has 1 saturated heterocycles. The average Bonchev–Trinajstić information content (AvgIpc) is 3.49. The molecule has 0 amide bonds.